The Kier molecular flexibility index (Phi) is 6.98. The number of hydrogen-bond donors (Lipinski definition) is 2. The lowest BCUT2D eigenvalue weighted by Gasteiger charge is -2.08. The van der Waals surface area contributed by atoms with Crippen molar-refractivity contribution in [3.05, 3.63) is 48.4 Å². The third-order valence-corrected chi connectivity index (χ3v) is 6.15. The van der Waals surface area contributed by atoms with Gasteiger partial charge in [0.25, 0.3) is 0 Å². The van der Waals surface area contributed by atoms with Crippen molar-refractivity contribution < 1.29 is 9.21 Å². The summed E-state index contributed by atoms with van der Waals surface area (Å²) in [6, 6.07) is 11.5. The number of carbonyl (C=O) groups is 1. The Hall–Kier alpha value is -1.97. The molecule has 0 fully saturated rings. The topological polar surface area (TPSA) is 80.0 Å². The van der Waals surface area contributed by atoms with E-state index in [2.05, 4.69) is 20.8 Å². The summed E-state index contributed by atoms with van der Waals surface area (Å²) in [5, 5.41) is 15.1. The predicted octanol–water partition coefficient (Wildman–Crippen LogP) is 4.59. The van der Waals surface area contributed by atoms with Crippen LogP contribution in [0, 0.1) is 0 Å². The standard InChI is InChI=1S/C17H18N4O2S3/c1-24-14-7-3-2-6-13(14)19-15(22)8-10-25-17-21-20-16(26-17)18-11-12-5-4-9-23-12/h2-7,9H,8,10-11H2,1H3,(H,18,20)(H,19,22). The first kappa shape index (κ1) is 18.8. The lowest BCUT2D eigenvalue weighted by atomic mass is 10.3. The van der Waals surface area contributed by atoms with Crippen LogP contribution in [0.5, 0.6) is 0 Å². The number of nitrogens with zero attached hydrogens (tertiary/aromatic N) is 2. The molecule has 26 heavy (non-hydrogen) atoms. The molecule has 0 spiro atoms. The Morgan fingerprint density at radius 2 is 2.12 bits per heavy atom. The molecule has 0 atom stereocenters. The Bertz CT molecular complexity index is 836. The van der Waals surface area contributed by atoms with Gasteiger partial charge >= 0.3 is 0 Å². The molecule has 6 nitrogen and oxygen atoms in total. The summed E-state index contributed by atoms with van der Waals surface area (Å²) in [5.74, 6) is 1.50. The first-order valence-electron chi connectivity index (χ1n) is 7.90. The highest BCUT2D eigenvalue weighted by atomic mass is 32.2. The number of amides is 1. The summed E-state index contributed by atoms with van der Waals surface area (Å²) >= 11 is 4.61. The molecular weight excluding hydrogens is 388 g/mol. The molecule has 0 aliphatic carbocycles. The molecule has 0 aliphatic heterocycles. The fraction of sp³-hybridized carbons (Fsp3) is 0.235. The predicted molar refractivity (Wildman–Crippen MR) is 108 cm³/mol. The van der Waals surface area contributed by atoms with Gasteiger partial charge in [-0.3, -0.25) is 4.79 Å². The lowest BCUT2D eigenvalue weighted by molar-refractivity contribution is -0.115. The van der Waals surface area contributed by atoms with E-state index < -0.39 is 0 Å². The minimum Gasteiger partial charge on any atom is -0.467 e. The number of hydrogen-bond acceptors (Lipinski definition) is 8. The minimum absolute atomic E-state index is 0.000293. The van der Waals surface area contributed by atoms with Gasteiger partial charge in [-0.15, -0.1) is 22.0 Å². The molecule has 2 heterocycles. The normalized spacial score (nSPS) is 10.7. The third-order valence-electron chi connectivity index (χ3n) is 3.34. The highest BCUT2D eigenvalue weighted by Crippen LogP contribution is 2.27. The largest absolute Gasteiger partial charge is 0.467 e. The van der Waals surface area contributed by atoms with Crippen molar-refractivity contribution in [3.8, 4) is 0 Å². The summed E-state index contributed by atoms with van der Waals surface area (Å²) in [7, 11) is 0. The number of carbonyl (C=O) groups excluding carboxylic acids is 1. The molecule has 0 bridgehead atoms. The highest BCUT2D eigenvalue weighted by Gasteiger charge is 2.09. The van der Waals surface area contributed by atoms with Crippen molar-refractivity contribution >= 4 is 51.6 Å². The molecule has 1 aromatic carbocycles. The summed E-state index contributed by atoms with van der Waals surface area (Å²) in [4.78, 5) is 13.2. The van der Waals surface area contributed by atoms with Crippen molar-refractivity contribution in [1.82, 2.24) is 10.2 Å². The summed E-state index contributed by atoms with van der Waals surface area (Å²) < 4.78 is 6.10. The zero-order valence-electron chi connectivity index (χ0n) is 14.1. The zero-order chi connectivity index (χ0) is 18.2. The Balaban J connectivity index is 1.41. The van der Waals surface area contributed by atoms with Crippen molar-refractivity contribution in [1.29, 1.82) is 0 Å². The first-order valence-corrected chi connectivity index (χ1v) is 10.9. The van der Waals surface area contributed by atoms with E-state index in [0.717, 1.165) is 25.8 Å². The van der Waals surface area contributed by atoms with E-state index in [4.69, 9.17) is 4.42 Å². The smallest absolute Gasteiger partial charge is 0.225 e. The molecule has 0 saturated carbocycles. The van der Waals surface area contributed by atoms with Crippen LogP contribution in [0.1, 0.15) is 12.2 Å². The summed E-state index contributed by atoms with van der Waals surface area (Å²) in [5.41, 5.74) is 0.857. The van der Waals surface area contributed by atoms with E-state index in [1.807, 2.05) is 42.7 Å². The molecule has 1 amide bonds. The quantitative estimate of drug-likeness (QED) is 0.503. The van der Waals surface area contributed by atoms with Crippen LogP contribution in [0.3, 0.4) is 0 Å². The Labute approximate surface area is 164 Å². The van der Waals surface area contributed by atoms with Crippen molar-refractivity contribution in [2.45, 2.75) is 22.2 Å². The van der Waals surface area contributed by atoms with Crippen LogP contribution in [-0.2, 0) is 11.3 Å². The molecule has 2 N–H and O–H groups in total. The molecule has 9 heteroatoms. The maximum Gasteiger partial charge on any atom is 0.225 e. The first-order chi connectivity index (χ1) is 12.7. The minimum atomic E-state index is -0.000293. The summed E-state index contributed by atoms with van der Waals surface area (Å²) in [6.07, 6.45) is 4.05. The van der Waals surface area contributed by atoms with Gasteiger partial charge in [-0.1, -0.05) is 35.2 Å². The van der Waals surface area contributed by atoms with Crippen LogP contribution in [0.25, 0.3) is 0 Å². The number of benzene rings is 1. The molecule has 3 aromatic rings. The van der Waals surface area contributed by atoms with E-state index in [1.54, 1.807) is 18.0 Å². The maximum absolute atomic E-state index is 12.1. The molecule has 0 unspecified atom stereocenters. The van der Waals surface area contributed by atoms with Crippen LogP contribution in [0.2, 0.25) is 0 Å². The van der Waals surface area contributed by atoms with E-state index in [-0.39, 0.29) is 5.91 Å². The lowest BCUT2D eigenvalue weighted by Crippen LogP contribution is -2.12. The van der Waals surface area contributed by atoms with E-state index in [9.17, 15) is 4.79 Å². The van der Waals surface area contributed by atoms with Gasteiger partial charge in [-0.2, -0.15) is 0 Å². The van der Waals surface area contributed by atoms with E-state index in [0.29, 0.717) is 18.7 Å². The fourth-order valence-electron chi connectivity index (χ4n) is 2.11. The number of thioether (sulfide) groups is 2. The van der Waals surface area contributed by atoms with Gasteiger partial charge < -0.3 is 15.1 Å². The van der Waals surface area contributed by atoms with Crippen molar-refractivity contribution in [3.63, 3.8) is 0 Å². The van der Waals surface area contributed by atoms with Crippen LogP contribution in [-0.4, -0.2) is 28.1 Å². The van der Waals surface area contributed by atoms with Gasteiger partial charge in [0.1, 0.15) is 5.76 Å². The third kappa shape index (κ3) is 5.52. The van der Waals surface area contributed by atoms with Gasteiger partial charge in [-0.25, -0.2) is 0 Å². The molecule has 3 rings (SSSR count). The van der Waals surface area contributed by atoms with Crippen LogP contribution in [0.4, 0.5) is 10.8 Å². The van der Waals surface area contributed by atoms with Crippen LogP contribution < -0.4 is 10.6 Å². The number of rotatable bonds is 9. The van der Waals surface area contributed by atoms with E-state index >= 15 is 0 Å². The average Bonchev–Trinajstić information content (AvgIpc) is 3.32. The molecule has 136 valence electrons. The van der Waals surface area contributed by atoms with Gasteiger partial charge in [0.05, 0.1) is 18.5 Å². The molecule has 2 aromatic heterocycles. The second kappa shape index (κ2) is 9.65. The Morgan fingerprint density at radius 3 is 2.92 bits per heavy atom. The van der Waals surface area contributed by atoms with Crippen LogP contribution >= 0.6 is 34.9 Å². The number of para-hydroxylation sites is 1. The van der Waals surface area contributed by atoms with Crippen LogP contribution in [0.15, 0.2) is 56.3 Å². The van der Waals surface area contributed by atoms with Gasteiger partial charge in [-0.05, 0) is 30.5 Å². The van der Waals surface area contributed by atoms with Gasteiger partial charge in [0.15, 0.2) is 4.34 Å². The number of anilines is 2. The molecule has 0 saturated heterocycles. The Morgan fingerprint density at radius 1 is 1.23 bits per heavy atom. The van der Waals surface area contributed by atoms with Crippen molar-refractivity contribution in [2.24, 2.45) is 0 Å². The molecule has 0 aliphatic rings. The highest BCUT2D eigenvalue weighted by molar-refractivity contribution is 8.01. The van der Waals surface area contributed by atoms with Gasteiger partial charge in [0.2, 0.25) is 11.0 Å². The maximum atomic E-state index is 12.1. The zero-order valence-corrected chi connectivity index (χ0v) is 16.5. The number of furan rings is 1. The molecular formula is C17H18N4O2S3. The second-order valence-electron chi connectivity index (χ2n) is 5.15. The molecule has 0 radical (unpaired) electrons. The van der Waals surface area contributed by atoms with Crippen molar-refractivity contribution in [2.75, 3.05) is 22.6 Å². The van der Waals surface area contributed by atoms with E-state index in [1.165, 1.54) is 23.1 Å². The van der Waals surface area contributed by atoms with Gasteiger partial charge in [0, 0.05) is 17.1 Å². The monoisotopic (exact) mass is 406 g/mol. The SMILES string of the molecule is CSc1ccccc1NC(=O)CCSc1nnc(NCc2ccco2)s1. The fourth-order valence-corrected chi connectivity index (χ4v) is 4.42. The second-order valence-corrected chi connectivity index (χ2v) is 8.32. The number of aromatic nitrogens is 2. The summed E-state index contributed by atoms with van der Waals surface area (Å²) in [6.45, 7) is 0.573. The number of nitrogens with one attached hydrogen (secondary N) is 2. The average molecular weight is 407 g/mol.